The molecule has 0 bridgehead atoms. The Morgan fingerprint density at radius 1 is 1.14 bits per heavy atom. The van der Waals surface area contributed by atoms with Crippen LogP contribution in [0, 0.1) is 0 Å². The molecule has 0 saturated heterocycles. The lowest BCUT2D eigenvalue weighted by molar-refractivity contribution is 0.144. The number of nitrogens with one attached hydrogen (secondary N) is 2. The molecule has 7 heteroatoms. The minimum atomic E-state index is 0. The van der Waals surface area contributed by atoms with Crippen LogP contribution in [0.3, 0.4) is 0 Å². The Morgan fingerprint density at radius 2 is 1.86 bits per heavy atom. The highest BCUT2D eigenvalue weighted by Gasteiger charge is 2.28. The number of methoxy groups -OCH3 is 2. The van der Waals surface area contributed by atoms with Crippen LogP contribution < -0.4 is 10.6 Å². The van der Waals surface area contributed by atoms with Crippen molar-refractivity contribution in [2.45, 2.75) is 32.2 Å². The molecule has 0 aromatic heterocycles. The number of aliphatic imine (C=N–C) groups is 1. The summed E-state index contributed by atoms with van der Waals surface area (Å²) in [5.74, 6) is 0.899. The van der Waals surface area contributed by atoms with E-state index in [4.69, 9.17) is 9.47 Å². The van der Waals surface area contributed by atoms with Crippen molar-refractivity contribution >= 4 is 29.9 Å². The second kappa shape index (κ2) is 14.5. The summed E-state index contributed by atoms with van der Waals surface area (Å²) >= 11 is 0. The predicted octanol–water partition coefficient (Wildman–Crippen LogP) is 1.31. The third-order valence-corrected chi connectivity index (χ3v) is 3.46. The molecule has 1 fully saturated rings. The summed E-state index contributed by atoms with van der Waals surface area (Å²) in [6.07, 6.45) is 3.61. The number of nitrogens with zero attached hydrogens (tertiary/aromatic N) is 2. The van der Waals surface area contributed by atoms with Crippen LogP contribution in [0.1, 0.15) is 26.2 Å². The zero-order valence-corrected chi connectivity index (χ0v) is 16.6. The maximum absolute atomic E-state index is 5.18. The van der Waals surface area contributed by atoms with E-state index < -0.39 is 0 Å². The van der Waals surface area contributed by atoms with E-state index in [1.54, 1.807) is 14.2 Å². The maximum atomic E-state index is 5.18. The first-order valence-electron chi connectivity index (χ1n) is 8.06. The van der Waals surface area contributed by atoms with Crippen molar-refractivity contribution in [2.24, 2.45) is 4.99 Å². The van der Waals surface area contributed by atoms with Gasteiger partial charge in [0.1, 0.15) is 0 Å². The van der Waals surface area contributed by atoms with E-state index in [2.05, 4.69) is 27.4 Å². The molecule has 6 nitrogen and oxygen atoms in total. The van der Waals surface area contributed by atoms with Crippen LogP contribution in [0.25, 0.3) is 0 Å². The third-order valence-electron chi connectivity index (χ3n) is 3.46. The van der Waals surface area contributed by atoms with Gasteiger partial charge in [0, 0.05) is 59.6 Å². The van der Waals surface area contributed by atoms with Gasteiger partial charge in [-0.25, -0.2) is 0 Å². The first-order valence-corrected chi connectivity index (χ1v) is 8.06. The van der Waals surface area contributed by atoms with E-state index in [1.165, 1.54) is 12.8 Å². The number of rotatable bonds is 12. The van der Waals surface area contributed by atoms with Crippen LogP contribution >= 0.6 is 24.0 Å². The first-order chi connectivity index (χ1) is 10.3. The van der Waals surface area contributed by atoms with E-state index in [9.17, 15) is 0 Å². The highest BCUT2D eigenvalue weighted by molar-refractivity contribution is 14.0. The molecule has 0 aromatic carbocycles. The molecule has 0 unspecified atom stereocenters. The molecule has 132 valence electrons. The number of halogens is 1. The van der Waals surface area contributed by atoms with Gasteiger partial charge in [0.15, 0.2) is 5.96 Å². The molecule has 0 amide bonds. The third kappa shape index (κ3) is 10.6. The van der Waals surface area contributed by atoms with Gasteiger partial charge in [0.25, 0.3) is 0 Å². The van der Waals surface area contributed by atoms with Gasteiger partial charge in [0.2, 0.25) is 0 Å². The van der Waals surface area contributed by atoms with Crippen molar-refractivity contribution < 1.29 is 9.47 Å². The van der Waals surface area contributed by atoms with E-state index >= 15 is 0 Å². The smallest absolute Gasteiger partial charge is 0.191 e. The van der Waals surface area contributed by atoms with Crippen molar-refractivity contribution in [1.29, 1.82) is 0 Å². The summed E-state index contributed by atoms with van der Waals surface area (Å²) < 4.78 is 10.2. The van der Waals surface area contributed by atoms with Crippen molar-refractivity contribution in [2.75, 3.05) is 60.2 Å². The lowest BCUT2D eigenvalue weighted by Crippen LogP contribution is -2.42. The summed E-state index contributed by atoms with van der Waals surface area (Å²) in [6, 6.07) is 0.767. The summed E-state index contributed by atoms with van der Waals surface area (Å²) in [6.45, 7) is 8.29. The van der Waals surface area contributed by atoms with Crippen molar-refractivity contribution in [1.82, 2.24) is 15.5 Å². The Bertz CT molecular complexity index is 289. The molecule has 0 heterocycles. The fourth-order valence-corrected chi connectivity index (χ4v) is 2.18. The molecule has 1 rings (SSSR count). The van der Waals surface area contributed by atoms with Gasteiger partial charge >= 0.3 is 0 Å². The lowest BCUT2D eigenvalue weighted by atomic mass is 10.4. The average Bonchev–Trinajstić information content (AvgIpc) is 3.31. The van der Waals surface area contributed by atoms with Gasteiger partial charge < -0.3 is 20.1 Å². The fourth-order valence-electron chi connectivity index (χ4n) is 2.18. The Hall–Kier alpha value is -0.120. The highest BCUT2D eigenvalue weighted by atomic mass is 127. The predicted molar refractivity (Wildman–Crippen MR) is 102 cm³/mol. The SMILES string of the molecule is CCNC(=NCCCOC)NCCN(CCOC)C1CC1.I. The molecular weight excluding hydrogens is 395 g/mol. The monoisotopic (exact) mass is 428 g/mol. The lowest BCUT2D eigenvalue weighted by Gasteiger charge is -2.22. The van der Waals surface area contributed by atoms with Crippen LogP contribution in [0.5, 0.6) is 0 Å². The molecule has 1 saturated carbocycles. The van der Waals surface area contributed by atoms with Gasteiger partial charge in [0.05, 0.1) is 6.61 Å². The normalized spacial score (nSPS) is 14.8. The van der Waals surface area contributed by atoms with Crippen LogP contribution in [-0.4, -0.2) is 77.1 Å². The number of hydrogen-bond donors (Lipinski definition) is 2. The maximum Gasteiger partial charge on any atom is 0.191 e. The van der Waals surface area contributed by atoms with Gasteiger partial charge in [-0.1, -0.05) is 0 Å². The molecule has 1 aliphatic rings. The summed E-state index contributed by atoms with van der Waals surface area (Å²) in [5.41, 5.74) is 0. The summed E-state index contributed by atoms with van der Waals surface area (Å²) in [5, 5.41) is 6.68. The molecule has 0 atom stereocenters. The van der Waals surface area contributed by atoms with Crippen LogP contribution in [0.2, 0.25) is 0 Å². The van der Waals surface area contributed by atoms with Crippen molar-refractivity contribution in [3.8, 4) is 0 Å². The molecular formula is C15H33IN4O2. The van der Waals surface area contributed by atoms with Crippen LogP contribution in [-0.2, 0) is 9.47 Å². The first kappa shape index (κ1) is 21.9. The zero-order chi connectivity index (χ0) is 15.3. The van der Waals surface area contributed by atoms with Gasteiger partial charge in [-0.2, -0.15) is 0 Å². The molecule has 0 aromatic rings. The standard InChI is InChI=1S/C15H32N4O2.HI/c1-4-16-15(17-8-5-12-20-2)18-9-10-19(11-13-21-3)14-6-7-14;/h14H,4-13H2,1-3H3,(H2,16,17,18);1H. The molecule has 1 aliphatic carbocycles. The van der Waals surface area contributed by atoms with Crippen LogP contribution in [0.4, 0.5) is 0 Å². The van der Waals surface area contributed by atoms with Gasteiger partial charge in [-0.3, -0.25) is 9.89 Å². The quantitative estimate of drug-likeness (QED) is 0.213. The van der Waals surface area contributed by atoms with E-state index in [0.29, 0.717) is 0 Å². The second-order valence-electron chi connectivity index (χ2n) is 5.29. The topological polar surface area (TPSA) is 58.1 Å². The molecule has 2 N–H and O–H groups in total. The average molecular weight is 428 g/mol. The minimum Gasteiger partial charge on any atom is -0.385 e. The highest BCUT2D eigenvalue weighted by Crippen LogP contribution is 2.25. The fraction of sp³-hybridized carbons (Fsp3) is 0.933. The molecule has 0 aliphatic heterocycles. The number of ether oxygens (including phenoxy) is 2. The van der Waals surface area contributed by atoms with Crippen LogP contribution in [0.15, 0.2) is 4.99 Å². The zero-order valence-electron chi connectivity index (χ0n) is 14.3. The minimum absolute atomic E-state index is 0. The van der Waals surface area contributed by atoms with E-state index in [1.807, 2.05) is 0 Å². The van der Waals surface area contributed by atoms with Gasteiger partial charge in [-0.05, 0) is 26.2 Å². The number of hydrogen-bond acceptors (Lipinski definition) is 4. The van der Waals surface area contributed by atoms with Gasteiger partial charge in [-0.15, -0.1) is 24.0 Å². The Balaban J connectivity index is 0.00000441. The van der Waals surface area contributed by atoms with Crippen molar-refractivity contribution in [3.63, 3.8) is 0 Å². The van der Waals surface area contributed by atoms with E-state index in [-0.39, 0.29) is 24.0 Å². The van der Waals surface area contributed by atoms with Crippen molar-refractivity contribution in [3.05, 3.63) is 0 Å². The molecule has 22 heavy (non-hydrogen) atoms. The molecule has 0 spiro atoms. The number of guanidine groups is 1. The Morgan fingerprint density at radius 3 is 2.45 bits per heavy atom. The van der Waals surface area contributed by atoms with E-state index in [0.717, 1.165) is 64.4 Å². The second-order valence-corrected chi connectivity index (χ2v) is 5.29. The largest absolute Gasteiger partial charge is 0.385 e. The Kier molecular flexibility index (Phi) is 14.4. The summed E-state index contributed by atoms with van der Waals surface area (Å²) in [4.78, 5) is 7.05. The molecule has 0 radical (unpaired) electrons. The summed E-state index contributed by atoms with van der Waals surface area (Å²) in [7, 11) is 3.49. The Labute approximate surface area is 152 Å².